The van der Waals surface area contributed by atoms with Gasteiger partial charge in [-0.2, -0.15) is 0 Å². The minimum absolute atomic E-state index is 0.0990. The fourth-order valence-corrected chi connectivity index (χ4v) is 1.25. The van der Waals surface area contributed by atoms with E-state index in [9.17, 15) is 4.79 Å². The van der Waals surface area contributed by atoms with Gasteiger partial charge in [0.2, 0.25) is 0 Å². The minimum Gasteiger partial charge on any atom is -0.293 e. The van der Waals surface area contributed by atoms with Gasteiger partial charge < -0.3 is 0 Å². The molecule has 0 aliphatic rings. The number of likely N-dealkylation sites (N-methyl/N-ethyl adjacent to an activating group) is 1. The van der Waals surface area contributed by atoms with Gasteiger partial charge in [0.25, 0.3) is 5.91 Å². The quantitative estimate of drug-likeness (QED) is 0.374. The molecule has 0 aromatic carbocycles. The fourth-order valence-electron chi connectivity index (χ4n) is 1.25. The lowest BCUT2D eigenvalue weighted by molar-refractivity contribution is -0.126. The summed E-state index contributed by atoms with van der Waals surface area (Å²) in [6.07, 6.45) is 1.83. The molecule has 0 aromatic heterocycles. The summed E-state index contributed by atoms with van der Waals surface area (Å²) in [6.45, 7) is 6.18. The number of nitrogens with one attached hydrogen (secondary N) is 1. The zero-order chi connectivity index (χ0) is 10.4. The third-order valence-corrected chi connectivity index (χ3v) is 2.31. The third-order valence-electron chi connectivity index (χ3n) is 2.31. The van der Waals surface area contributed by atoms with Crippen molar-refractivity contribution in [3.63, 3.8) is 0 Å². The van der Waals surface area contributed by atoms with Gasteiger partial charge in [-0.25, -0.2) is 5.84 Å². The molecule has 1 unspecified atom stereocenters. The van der Waals surface area contributed by atoms with Crippen molar-refractivity contribution in [3.8, 4) is 0 Å². The van der Waals surface area contributed by atoms with Gasteiger partial charge in [-0.15, -0.1) is 0 Å². The smallest absolute Gasteiger partial charge is 0.251 e. The third kappa shape index (κ3) is 3.74. The maximum Gasteiger partial charge on any atom is 0.251 e. The molecule has 0 aliphatic carbocycles. The van der Waals surface area contributed by atoms with Crippen molar-refractivity contribution >= 4 is 5.91 Å². The summed E-state index contributed by atoms with van der Waals surface area (Å²) < 4.78 is 0. The van der Waals surface area contributed by atoms with Crippen molar-refractivity contribution in [2.45, 2.75) is 45.7 Å². The number of carbonyl (C=O) groups is 1. The number of hydrazine groups is 1. The summed E-state index contributed by atoms with van der Waals surface area (Å²) in [4.78, 5) is 13.4. The van der Waals surface area contributed by atoms with Gasteiger partial charge in [0.15, 0.2) is 0 Å². The van der Waals surface area contributed by atoms with Crippen molar-refractivity contribution in [1.82, 2.24) is 10.3 Å². The standard InChI is InChI=1S/C9H21N3O/c1-5-6-8(9(13)11-10)12(4)7(2)3/h7-8H,5-6,10H2,1-4H3,(H,11,13). The highest BCUT2D eigenvalue weighted by molar-refractivity contribution is 5.81. The van der Waals surface area contributed by atoms with E-state index in [0.29, 0.717) is 6.04 Å². The zero-order valence-electron chi connectivity index (χ0n) is 9.00. The van der Waals surface area contributed by atoms with Crippen LogP contribution in [0.4, 0.5) is 0 Å². The van der Waals surface area contributed by atoms with Crippen LogP contribution in [-0.4, -0.2) is 29.9 Å². The Morgan fingerprint density at radius 1 is 1.54 bits per heavy atom. The molecule has 4 nitrogen and oxygen atoms in total. The summed E-state index contributed by atoms with van der Waals surface area (Å²) in [6, 6.07) is 0.254. The number of rotatable bonds is 5. The number of amides is 1. The molecule has 1 atom stereocenters. The summed E-state index contributed by atoms with van der Waals surface area (Å²) in [5.74, 6) is 5.02. The number of nitrogens with zero attached hydrogens (tertiary/aromatic N) is 1. The Bertz CT molecular complexity index is 159. The van der Waals surface area contributed by atoms with Crippen molar-refractivity contribution in [2.24, 2.45) is 5.84 Å². The van der Waals surface area contributed by atoms with Crippen molar-refractivity contribution in [3.05, 3.63) is 0 Å². The SMILES string of the molecule is CCCC(C(=O)NN)N(C)C(C)C. The molecule has 0 saturated heterocycles. The first-order valence-electron chi connectivity index (χ1n) is 4.77. The average molecular weight is 187 g/mol. The van der Waals surface area contributed by atoms with Gasteiger partial charge in [-0.05, 0) is 27.3 Å². The van der Waals surface area contributed by atoms with Crippen LogP contribution in [0.5, 0.6) is 0 Å². The van der Waals surface area contributed by atoms with E-state index in [2.05, 4.69) is 26.2 Å². The summed E-state index contributed by atoms with van der Waals surface area (Å²) >= 11 is 0. The molecular weight excluding hydrogens is 166 g/mol. The van der Waals surface area contributed by atoms with Crippen LogP contribution in [0.3, 0.4) is 0 Å². The number of carbonyl (C=O) groups excluding carboxylic acids is 1. The van der Waals surface area contributed by atoms with Crippen LogP contribution in [0.1, 0.15) is 33.6 Å². The Balaban J connectivity index is 4.31. The number of hydrogen-bond acceptors (Lipinski definition) is 3. The Kier molecular flexibility index (Phi) is 5.66. The summed E-state index contributed by atoms with van der Waals surface area (Å²) in [5, 5.41) is 0. The first kappa shape index (κ1) is 12.4. The Morgan fingerprint density at radius 2 is 2.08 bits per heavy atom. The molecule has 4 heteroatoms. The van der Waals surface area contributed by atoms with E-state index in [0.717, 1.165) is 12.8 Å². The normalized spacial score (nSPS) is 13.5. The van der Waals surface area contributed by atoms with E-state index >= 15 is 0 Å². The van der Waals surface area contributed by atoms with Crippen LogP contribution < -0.4 is 11.3 Å². The first-order chi connectivity index (χ1) is 6.04. The summed E-state index contributed by atoms with van der Waals surface area (Å²) in [7, 11) is 1.94. The van der Waals surface area contributed by atoms with Crippen LogP contribution in [0, 0.1) is 0 Å². The molecular formula is C9H21N3O. The van der Waals surface area contributed by atoms with E-state index in [1.54, 1.807) is 0 Å². The lowest BCUT2D eigenvalue weighted by atomic mass is 10.1. The predicted molar refractivity (Wildman–Crippen MR) is 53.9 cm³/mol. The first-order valence-corrected chi connectivity index (χ1v) is 4.77. The second-order valence-corrected chi connectivity index (χ2v) is 3.57. The topological polar surface area (TPSA) is 58.4 Å². The van der Waals surface area contributed by atoms with Gasteiger partial charge in [0.05, 0.1) is 6.04 Å². The lowest BCUT2D eigenvalue weighted by Crippen LogP contribution is -2.49. The van der Waals surface area contributed by atoms with Gasteiger partial charge in [-0.3, -0.25) is 15.1 Å². The van der Waals surface area contributed by atoms with E-state index in [-0.39, 0.29) is 11.9 Å². The number of hydrogen-bond donors (Lipinski definition) is 2. The molecule has 0 aromatic rings. The molecule has 0 bridgehead atoms. The molecule has 0 rings (SSSR count). The highest BCUT2D eigenvalue weighted by atomic mass is 16.2. The zero-order valence-corrected chi connectivity index (χ0v) is 9.00. The molecule has 0 heterocycles. The second-order valence-electron chi connectivity index (χ2n) is 3.57. The van der Waals surface area contributed by atoms with E-state index < -0.39 is 0 Å². The van der Waals surface area contributed by atoms with Crippen LogP contribution in [-0.2, 0) is 4.79 Å². The van der Waals surface area contributed by atoms with Crippen LogP contribution in [0.15, 0.2) is 0 Å². The molecule has 0 radical (unpaired) electrons. The van der Waals surface area contributed by atoms with E-state index in [1.165, 1.54) is 0 Å². The highest BCUT2D eigenvalue weighted by Crippen LogP contribution is 2.08. The van der Waals surface area contributed by atoms with Crippen molar-refractivity contribution in [1.29, 1.82) is 0 Å². The Hall–Kier alpha value is -0.610. The van der Waals surface area contributed by atoms with Gasteiger partial charge >= 0.3 is 0 Å². The highest BCUT2D eigenvalue weighted by Gasteiger charge is 2.22. The largest absolute Gasteiger partial charge is 0.293 e. The van der Waals surface area contributed by atoms with Gasteiger partial charge in [0.1, 0.15) is 0 Å². The molecule has 0 fully saturated rings. The van der Waals surface area contributed by atoms with Gasteiger partial charge in [0, 0.05) is 6.04 Å². The predicted octanol–water partition coefficient (Wildman–Crippen LogP) is 0.485. The molecule has 0 aliphatic heterocycles. The van der Waals surface area contributed by atoms with E-state index in [1.807, 2.05) is 11.9 Å². The maximum absolute atomic E-state index is 11.4. The monoisotopic (exact) mass is 187 g/mol. The van der Waals surface area contributed by atoms with Gasteiger partial charge in [-0.1, -0.05) is 13.3 Å². The Morgan fingerprint density at radius 3 is 2.38 bits per heavy atom. The minimum atomic E-state index is -0.102. The summed E-state index contributed by atoms with van der Waals surface area (Å²) in [5.41, 5.74) is 2.21. The molecule has 3 N–H and O–H groups in total. The Labute approximate surface area is 80.4 Å². The van der Waals surface area contributed by atoms with Crippen molar-refractivity contribution < 1.29 is 4.79 Å². The number of nitrogens with two attached hydrogens (primary N) is 1. The van der Waals surface area contributed by atoms with Crippen LogP contribution in [0.2, 0.25) is 0 Å². The van der Waals surface area contributed by atoms with Crippen molar-refractivity contribution in [2.75, 3.05) is 7.05 Å². The molecule has 1 amide bonds. The fraction of sp³-hybridized carbons (Fsp3) is 0.889. The maximum atomic E-state index is 11.4. The molecule has 0 spiro atoms. The van der Waals surface area contributed by atoms with E-state index in [4.69, 9.17) is 5.84 Å². The lowest BCUT2D eigenvalue weighted by Gasteiger charge is -2.29. The average Bonchev–Trinajstić information content (AvgIpc) is 2.11. The molecule has 13 heavy (non-hydrogen) atoms. The molecule has 0 saturated carbocycles. The molecule has 78 valence electrons. The second kappa shape index (κ2) is 5.94. The van der Waals surface area contributed by atoms with Crippen LogP contribution >= 0.6 is 0 Å². The van der Waals surface area contributed by atoms with Crippen LogP contribution in [0.25, 0.3) is 0 Å².